The quantitative estimate of drug-likeness (QED) is 0.799. The summed E-state index contributed by atoms with van der Waals surface area (Å²) in [6, 6.07) is 20.3. The van der Waals surface area contributed by atoms with Crippen molar-refractivity contribution in [2.24, 2.45) is 0 Å². The van der Waals surface area contributed by atoms with Crippen LogP contribution in [0.5, 0.6) is 0 Å². The molecule has 1 aromatic heterocycles. The molecule has 2 aromatic carbocycles. The fraction of sp³-hybridized carbons (Fsp3) is 0.238. The summed E-state index contributed by atoms with van der Waals surface area (Å²) < 4.78 is 1.85. The lowest BCUT2D eigenvalue weighted by molar-refractivity contribution is 0.580. The molecular weight excluding hydrogens is 310 g/mol. The lowest BCUT2D eigenvalue weighted by Gasteiger charge is -2.20. The zero-order chi connectivity index (χ0) is 17.1. The minimum Gasteiger partial charge on any atom is -0.311 e. The van der Waals surface area contributed by atoms with E-state index >= 15 is 0 Å². The van der Waals surface area contributed by atoms with E-state index in [0.29, 0.717) is 19.5 Å². The molecule has 1 N–H and O–H groups in total. The molecule has 0 fully saturated rings. The van der Waals surface area contributed by atoms with Crippen molar-refractivity contribution in [3.63, 3.8) is 0 Å². The SMILES string of the molecule is O=c1c2c(nc(Cc3ccccc3)n1Cc1ccccc1)CNCC2. The molecule has 0 aliphatic carbocycles. The fourth-order valence-corrected chi connectivity index (χ4v) is 3.35. The van der Waals surface area contributed by atoms with E-state index in [1.165, 1.54) is 5.56 Å². The predicted octanol–water partition coefficient (Wildman–Crippen LogP) is 2.53. The summed E-state index contributed by atoms with van der Waals surface area (Å²) in [7, 11) is 0. The van der Waals surface area contributed by atoms with Crippen molar-refractivity contribution >= 4 is 0 Å². The standard InChI is InChI=1S/C21H21N3O/c25-21-18-11-12-22-14-19(18)23-20(13-16-7-3-1-4-8-16)24(21)15-17-9-5-2-6-10-17/h1-10,22H,11-15H2. The molecule has 4 rings (SSSR count). The van der Waals surface area contributed by atoms with Gasteiger partial charge in [0, 0.05) is 18.5 Å². The summed E-state index contributed by atoms with van der Waals surface area (Å²) >= 11 is 0. The van der Waals surface area contributed by atoms with Crippen LogP contribution in [0.1, 0.15) is 28.2 Å². The lowest BCUT2D eigenvalue weighted by atomic mass is 10.1. The maximum absolute atomic E-state index is 13.1. The number of hydrogen-bond acceptors (Lipinski definition) is 3. The molecule has 0 amide bonds. The van der Waals surface area contributed by atoms with Crippen molar-refractivity contribution in [3.8, 4) is 0 Å². The van der Waals surface area contributed by atoms with Crippen molar-refractivity contribution in [3.05, 3.63) is 99.2 Å². The van der Waals surface area contributed by atoms with Crippen molar-refractivity contribution in [1.82, 2.24) is 14.9 Å². The summed E-state index contributed by atoms with van der Waals surface area (Å²) in [4.78, 5) is 18.0. The molecule has 1 aliphatic rings. The Hall–Kier alpha value is -2.72. The smallest absolute Gasteiger partial charge is 0.257 e. The topological polar surface area (TPSA) is 46.9 Å². The van der Waals surface area contributed by atoms with E-state index in [9.17, 15) is 4.79 Å². The highest BCUT2D eigenvalue weighted by atomic mass is 16.1. The third kappa shape index (κ3) is 3.39. The van der Waals surface area contributed by atoms with Crippen LogP contribution in [0.3, 0.4) is 0 Å². The van der Waals surface area contributed by atoms with Crippen LogP contribution >= 0.6 is 0 Å². The molecule has 2 heterocycles. The number of benzene rings is 2. The van der Waals surface area contributed by atoms with Gasteiger partial charge in [0.1, 0.15) is 5.82 Å². The van der Waals surface area contributed by atoms with E-state index in [0.717, 1.165) is 35.6 Å². The second-order valence-corrected chi connectivity index (χ2v) is 6.42. The van der Waals surface area contributed by atoms with Gasteiger partial charge >= 0.3 is 0 Å². The van der Waals surface area contributed by atoms with Crippen molar-refractivity contribution in [1.29, 1.82) is 0 Å². The zero-order valence-corrected chi connectivity index (χ0v) is 14.1. The highest BCUT2D eigenvalue weighted by molar-refractivity contribution is 5.26. The molecule has 0 saturated carbocycles. The third-order valence-electron chi connectivity index (χ3n) is 4.66. The Morgan fingerprint density at radius 2 is 1.64 bits per heavy atom. The summed E-state index contributed by atoms with van der Waals surface area (Å²) in [6.45, 7) is 2.08. The van der Waals surface area contributed by atoms with Crippen LogP contribution in [-0.2, 0) is 25.9 Å². The second-order valence-electron chi connectivity index (χ2n) is 6.42. The monoisotopic (exact) mass is 331 g/mol. The molecule has 0 radical (unpaired) electrons. The van der Waals surface area contributed by atoms with E-state index in [-0.39, 0.29) is 5.56 Å². The minimum atomic E-state index is 0.112. The van der Waals surface area contributed by atoms with Crippen molar-refractivity contribution in [2.75, 3.05) is 6.54 Å². The van der Waals surface area contributed by atoms with Gasteiger partial charge in [-0.05, 0) is 24.1 Å². The first-order valence-corrected chi connectivity index (χ1v) is 8.71. The van der Waals surface area contributed by atoms with Gasteiger partial charge in [-0.25, -0.2) is 4.98 Å². The number of nitrogens with one attached hydrogen (secondary N) is 1. The Kier molecular flexibility index (Phi) is 4.44. The minimum absolute atomic E-state index is 0.112. The largest absolute Gasteiger partial charge is 0.311 e. The Morgan fingerprint density at radius 3 is 2.36 bits per heavy atom. The van der Waals surface area contributed by atoms with Gasteiger partial charge < -0.3 is 5.32 Å². The molecule has 3 aromatic rings. The van der Waals surface area contributed by atoms with Crippen LogP contribution in [-0.4, -0.2) is 16.1 Å². The first kappa shape index (κ1) is 15.8. The number of nitrogens with zero attached hydrogens (tertiary/aromatic N) is 2. The van der Waals surface area contributed by atoms with Crippen LogP contribution in [0, 0.1) is 0 Å². The van der Waals surface area contributed by atoms with Gasteiger partial charge in [0.25, 0.3) is 5.56 Å². The highest BCUT2D eigenvalue weighted by Gasteiger charge is 2.19. The van der Waals surface area contributed by atoms with E-state index in [4.69, 9.17) is 4.98 Å². The Labute approximate surface area is 147 Å². The second kappa shape index (κ2) is 7.03. The lowest BCUT2D eigenvalue weighted by Crippen LogP contribution is -2.36. The fourth-order valence-electron chi connectivity index (χ4n) is 3.35. The molecule has 4 heteroatoms. The van der Waals surface area contributed by atoms with Crippen LogP contribution in [0.25, 0.3) is 0 Å². The molecule has 0 atom stereocenters. The predicted molar refractivity (Wildman–Crippen MR) is 98.7 cm³/mol. The number of rotatable bonds is 4. The highest BCUT2D eigenvalue weighted by Crippen LogP contribution is 2.13. The summed E-state index contributed by atoms with van der Waals surface area (Å²) in [5, 5.41) is 3.32. The average molecular weight is 331 g/mol. The zero-order valence-electron chi connectivity index (χ0n) is 14.1. The third-order valence-corrected chi connectivity index (χ3v) is 4.66. The van der Waals surface area contributed by atoms with Gasteiger partial charge in [0.05, 0.1) is 12.2 Å². The van der Waals surface area contributed by atoms with Crippen LogP contribution in [0.2, 0.25) is 0 Å². The molecule has 126 valence electrons. The molecule has 0 saturated heterocycles. The van der Waals surface area contributed by atoms with E-state index in [2.05, 4.69) is 29.6 Å². The van der Waals surface area contributed by atoms with Gasteiger partial charge in [-0.1, -0.05) is 60.7 Å². The molecule has 0 unspecified atom stereocenters. The molecule has 4 nitrogen and oxygen atoms in total. The van der Waals surface area contributed by atoms with Gasteiger partial charge in [-0.15, -0.1) is 0 Å². The summed E-state index contributed by atoms with van der Waals surface area (Å²) in [5.41, 5.74) is 4.17. The Balaban J connectivity index is 1.80. The molecule has 0 spiro atoms. The molecule has 25 heavy (non-hydrogen) atoms. The van der Waals surface area contributed by atoms with Crippen LogP contribution in [0.4, 0.5) is 0 Å². The van der Waals surface area contributed by atoms with Crippen LogP contribution < -0.4 is 10.9 Å². The van der Waals surface area contributed by atoms with E-state index < -0.39 is 0 Å². The maximum atomic E-state index is 13.1. The van der Waals surface area contributed by atoms with E-state index in [1.54, 1.807) is 0 Å². The van der Waals surface area contributed by atoms with Crippen molar-refractivity contribution in [2.45, 2.75) is 25.9 Å². The summed E-state index contributed by atoms with van der Waals surface area (Å²) in [6.07, 6.45) is 1.41. The number of aromatic nitrogens is 2. The normalized spacial score (nSPS) is 13.4. The van der Waals surface area contributed by atoms with Gasteiger partial charge in [-0.2, -0.15) is 0 Å². The van der Waals surface area contributed by atoms with Crippen molar-refractivity contribution < 1.29 is 0 Å². The van der Waals surface area contributed by atoms with Crippen LogP contribution in [0.15, 0.2) is 65.5 Å². The van der Waals surface area contributed by atoms with Gasteiger partial charge in [-0.3, -0.25) is 9.36 Å². The van der Waals surface area contributed by atoms with E-state index in [1.807, 2.05) is 41.0 Å². The Bertz CT molecular complexity index is 917. The average Bonchev–Trinajstić information content (AvgIpc) is 2.67. The number of hydrogen-bond donors (Lipinski definition) is 1. The van der Waals surface area contributed by atoms with Gasteiger partial charge in [0.15, 0.2) is 0 Å². The van der Waals surface area contributed by atoms with Gasteiger partial charge in [0.2, 0.25) is 0 Å². The molecular formula is C21H21N3O. The first-order valence-electron chi connectivity index (χ1n) is 8.71. The first-order chi connectivity index (χ1) is 12.3. The molecule has 0 bridgehead atoms. The Morgan fingerprint density at radius 1 is 0.960 bits per heavy atom. The summed E-state index contributed by atoms with van der Waals surface area (Å²) in [5.74, 6) is 0.836. The number of fused-ring (bicyclic) bond motifs is 1. The maximum Gasteiger partial charge on any atom is 0.257 e. The molecule has 1 aliphatic heterocycles.